The Morgan fingerprint density at radius 2 is 1.90 bits per heavy atom. The van der Waals surface area contributed by atoms with Gasteiger partial charge in [-0.1, -0.05) is 6.92 Å². The maximum Gasteiger partial charge on any atom is 0.320 e. The Morgan fingerprint density at radius 3 is 2.30 bits per heavy atom. The van der Waals surface area contributed by atoms with Crippen molar-refractivity contribution in [2.75, 3.05) is 0 Å². The third kappa shape index (κ3) is 1.46. The first-order chi connectivity index (χ1) is 4.72. The Morgan fingerprint density at radius 1 is 1.40 bits per heavy atom. The average Bonchev–Trinajstić information content (AvgIpc) is 1.85. The molecular weight excluding hydrogens is 136 g/mol. The van der Waals surface area contributed by atoms with E-state index in [1.807, 2.05) is 0 Å². The zero-order valence-corrected chi connectivity index (χ0v) is 5.62. The molecular formula is C6H8O4. The molecule has 1 fully saturated rings. The van der Waals surface area contributed by atoms with Crippen molar-refractivity contribution in [2.45, 2.75) is 26.1 Å². The molecule has 0 unspecified atom stereocenters. The van der Waals surface area contributed by atoms with E-state index in [0.717, 1.165) is 0 Å². The minimum atomic E-state index is -0.659. The molecule has 0 aromatic heterocycles. The number of esters is 2. The van der Waals surface area contributed by atoms with Crippen molar-refractivity contribution in [3.05, 3.63) is 0 Å². The lowest BCUT2D eigenvalue weighted by Crippen LogP contribution is -2.31. The van der Waals surface area contributed by atoms with E-state index in [-0.39, 0.29) is 6.42 Å². The third-order valence-electron chi connectivity index (χ3n) is 1.15. The molecule has 0 spiro atoms. The van der Waals surface area contributed by atoms with Crippen molar-refractivity contribution in [1.29, 1.82) is 0 Å². The lowest BCUT2D eigenvalue weighted by atomic mass is 10.4. The summed E-state index contributed by atoms with van der Waals surface area (Å²) in [5.74, 6) is -0.994. The number of carbonyl (C=O) groups excluding carboxylic acids is 2. The van der Waals surface area contributed by atoms with Crippen molar-refractivity contribution in [3.8, 4) is 0 Å². The standard InChI is InChI=1S/C6H8O4/c1-2-6-9-4(7)3-5(8)10-6/h6H,2-3H2,1H3. The second-order valence-corrected chi connectivity index (χ2v) is 1.99. The van der Waals surface area contributed by atoms with Crippen molar-refractivity contribution < 1.29 is 19.1 Å². The van der Waals surface area contributed by atoms with Crippen LogP contribution in [0.3, 0.4) is 0 Å². The Hall–Kier alpha value is -1.06. The minimum Gasteiger partial charge on any atom is -0.425 e. The molecule has 1 heterocycles. The van der Waals surface area contributed by atoms with E-state index < -0.39 is 18.2 Å². The molecule has 1 rings (SSSR count). The van der Waals surface area contributed by atoms with Crippen LogP contribution in [-0.4, -0.2) is 18.2 Å². The molecule has 1 aliphatic heterocycles. The monoisotopic (exact) mass is 144 g/mol. The highest BCUT2D eigenvalue weighted by molar-refractivity contribution is 5.92. The Labute approximate surface area is 58.1 Å². The summed E-state index contributed by atoms with van der Waals surface area (Å²) >= 11 is 0. The molecule has 0 saturated carbocycles. The predicted molar refractivity (Wildman–Crippen MR) is 30.9 cm³/mol. The predicted octanol–water partition coefficient (Wildman–Crippen LogP) is 0.213. The quantitative estimate of drug-likeness (QED) is 0.390. The van der Waals surface area contributed by atoms with Crippen LogP contribution in [0.1, 0.15) is 19.8 Å². The zero-order chi connectivity index (χ0) is 7.56. The third-order valence-corrected chi connectivity index (χ3v) is 1.15. The number of cyclic esters (lactones) is 2. The number of rotatable bonds is 1. The molecule has 10 heavy (non-hydrogen) atoms. The van der Waals surface area contributed by atoms with Crippen LogP contribution in [0.4, 0.5) is 0 Å². The van der Waals surface area contributed by atoms with Gasteiger partial charge in [-0.15, -0.1) is 0 Å². The topological polar surface area (TPSA) is 52.6 Å². The number of carbonyl (C=O) groups is 2. The molecule has 0 amide bonds. The summed E-state index contributed by atoms with van der Waals surface area (Å²) in [6.45, 7) is 1.77. The molecule has 0 bridgehead atoms. The molecule has 4 heteroatoms. The van der Waals surface area contributed by atoms with E-state index in [1.165, 1.54) is 0 Å². The van der Waals surface area contributed by atoms with Crippen LogP contribution in [0.25, 0.3) is 0 Å². The van der Waals surface area contributed by atoms with Gasteiger partial charge in [0.25, 0.3) is 0 Å². The largest absolute Gasteiger partial charge is 0.425 e. The molecule has 4 nitrogen and oxygen atoms in total. The summed E-state index contributed by atoms with van der Waals surface area (Å²) in [6, 6.07) is 0. The van der Waals surface area contributed by atoms with E-state index in [0.29, 0.717) is 6.42 Å². The van der Waals surface area contributed by atoms with Gasteiger partial charge < -0.3 is 9.47 Å². The zero-order valence-electron chi connectivity index (χ0n) is 5.62. The van der Waals surface area contributed by atoms with E-state index in [2.05, 4.69) is 9.47 Å². The number of ether oxygens (including phenoxy) is 2. The second-order valence-electron chi connectivity index (χ2n) is 1.99. The van der Waals surface area contributed by atoms with Gasteiger partial charge in [0.1, 0.15) is 6.42 Å². The van der Waals surface area contributed by atoms with Crippen molar-refractivity contribution >= 4 is 11.9 Å². The van der Waals surface area contributed by atoms with E-state index in [1.54, 1.807) is 6.92 Å². The minimum absolute atomic E-state index is 0.253. The van der Waals surface area contributed by atoms with Gasteiger partial charge in [-0.25, -0.2) is 0 Å². The SMILES string of the molecule is CCC1OC(=O)CC(=O)O1. The fraction of sp³-hybridized carbons (Fsp3) is 0.667. The summed E-state index contributed by atoms with van der Waals surface area (Å²) in [5.41, 5.74) is 0. The molecule has 56 valence electrons. The molecule has 0 radical (unpaired) electrons. The summed E-state index contributed by atoms with van der Waals surface area (Å²) in [7, 11) is 0. The first kappa shape index (κ1) is 7.05. The first-order valence-electron chi connectivity index (χ1n) is 3.11. The van der Waals surface area contributed by atoms with Crippen LogP contribution in [-0.2, 0) is 19.1 Å². The second kappa shape index (κ2) is 2.68. The van der Waals surface area contributed by atoms with Crippen molar-refractivity contribution in [3.63, 3.8) is 0 Å². The molecule has 0 aromatic carbocycles. The van der Waals surface area contributed by atoms with Crippen LogP contribution >= 0.6 is 0 Å². The van der Waals surface area contributed by atoms with Gasteiger partial charge in [0.2, 0.25) is 6.29 Å². The highest BCUT2D eigenvalue weighted by atomic mass is 16.7. The highest BCUT2D eigenvalue weighted by Crippen LogP contribution is 2.09. The van der Waals surface area contributed by atoms with Gasteiger partial charge in [-0.2, -0.15) is 0 Å². The molecule has 0 atom stereocenters. The van der Waals surface area contributed by atoms with Gasteiger partial charge in [0.15, 0.2) is 0 Å². The van der Waals surface area contributed by atoms with Crippen molar-refractivity contribution in [1.82, 2.24) is 0 Å². The van der Waals surface area contributed by atoms with Crippen LogP contribution in [0.2, 0.25) is 0 Å². The van der Waals surface area contributed by atoms with Crippen LogP contribution in [0.15, 0.2) is 0 Å². The van der Waals surface area contributed by atoms with Gasteiger partial charge in [0, 0.05) is 6.42 Å². The maximum absolute atomic E-state index is 10.5. The van der Waals surface area contributed by atoms with E-state index >= 15 is 0 Å². The van der Waals surface area contributed by atoms with E-state index in [4.69, 9.17) is 0 Å². The molecule has 0 N–H and O–H groups in total. The van der Waals surface area contributed by atoms with Gasteiger partial charge in [-0.3, -0.25) is 9.59 Å². The van der Waals surface area contributed by atoms with Crippen molar-refractivity contribution in [2.24, 2.45) is 0 Å². The summed E-state index contributed by atoms with van der Waals surface area (Å²) in [6.07, 6.45) is -0.401. The number of hydrogen-bond donors (Lipinski definition) is 0. The first-order valence-corrected chi connectivity index (χ1v) is 3.11. The fourth-order valence-electron chi connectivity index (χ4n) is 0.685. The lowest BCUT2D eigenvalue weighted by molar-refractivity contribution is -0.203. The van der Waals surface area contributed by atoms with Crippen LogP contribution in [0.5, 0.6) is 0 Å². The normalized spacial score (nSPS) is 20.1. The summed E-state index contributed by atoms with van der Waals surface area (Å²) in [5, 5.41) is 0. The Bertz CT molecular complexity index is 147. The highest BCUT2D eigenvalue weighted by Gasteiger charge is 2.25. The summed E-state index contributed by atoms with van der Waals surface area (Å²) < 4.78 is 9.25. The van der Waals surface area contributed by atoms with Crippen LogP contribution in [0, 0.1) is 0 Å². The fourth-order valence-corrected chi connectivity index (χ4v) is 0.685. The molecule has 0 aliphatic carbocycles. The van der Waals surface area contributed by atoms with Gasteiger partial charge in [-0.05, 0) is 0 Å². The summed E-state index contributed by atoms with van der Waals surface area (Å²) in [4.78, 5) is 21.0. The Balaban J connectivity index is 2.50. The van der Waals surface area contributed by atoms with Gasteiger partial charge >= 0.3 is 11.9 Å². The smallest absolute Gasteiger partial charge is 0.320 e. The van der Waals surface area contributed by atoms with Gasteiger partial charge in [0.05, 0.1) is 0 Å². The molecule has 1 saturated heterocycles. The number of hydrogen-bond acceptors (Lipinski definition) is 4. The molecule has 1 aliphatic rings. The van der Waals surface area contributed by atoms with Crippen LogP contribution < -0.4 is 0 Å². The lowest BCUT2D eigenvalue weighted by Gasteiger charge is -2.20. The average molecular weight is 144 g/mol. The Kier molecular flexibility index (Phi) is 1.89. The molecule has 0 aromatic rings. The van der Waals surface area contributed by atoms with E-state index in [9.17, 15) is 9.59 Å². The maximum atomic E-state index is 10.5.